The van der Waals surface area contributed by atoms with E-state index in [1.54, 1.807) is 24.3 Å². The number of hydrogen-bond acceptors (Lipinski definition) is 3. The van der Waals surface area contributed by atoms with Gasteiger partial charge in [0.15, 0.2) is 0 Å². The van der Waals surface area contributed by atoms with Crippen molar-refractivity contribution in [3.63, 3.8) is 0 Å². The summed E-state index contributed by atoms with van der Waals surface area (Å²) in [6.45, 7) is 2.56. The fraction of sp³-hybridized carbons (Fsp3) is 0.375. The molecule has 0 radical (unpaired) electrons. The van der Waals surface area contributed by atoms with Gasteiger partial charge in [-0.1, -0.05) is 38.0 Å². The third-order valence-corrected chi connectivity index (χ3v) is 5.95. The van der Waals surface area contributed by atoms with Crippen LogP contribution in [0.2, 0.25) is 0 Å². The Bertz CT molecular complexity index is 907. The van der Waals surface area contributed by atoms with E-state index in [0.29, 0.717) is 36.9 Å². The number of anilines is 1. The molecule has 0 saturated carbocycles. The van der Waals surface area contributed by atoms with Crippen molar-refractivity contribution in [3.05, 3.63) is 63.6 Å². The first-order valence-electron chi connectivity index (χ1n) is 10.5. The zero-order valence-electron chi connectivity index (χ0n) is 17.2. The van der Waals surface area contributed by atoms with Crippen LogP contribution < -0.4 is 5.32 Å². The fourth-order valence-corrected chi connectivity index (χ4v) is 4.11. The van der Waals surface area contributed by atoms with Crippen LogP contribution in [0.25, 0.3) is 0 Å². The smallest absolute Gasteiger partial charge is 0.261 e. The Morgan fingerprint density at radius 1 is 0.967 bits per heavy atom. The summed E-state index contributed by atoms with van der Waals surface area (Å²) >= 11 is 3.54. The van der Waals surface area contributed by atoms with Crippen LogP contribution in [0.1, 0.15) is 71.7 Å². The normalized spacial score (nSPS) is 12.9. The average Bonchev–Trinajstić information content (AvgIpc) is 2.98. The third-order valence-electron chi connectivity index (χ3n) is 5.29. The molecule has 0 atom stereocenters. The van der Waals surface area contributed by atoms with Crippen molar-refractivity contribution in [2.75, 3.05) is 11.9 Å². The average molecular weight is 471 g/mol. The van der Waals surface area contributed by atoms with Crippen LogP contribution in [0, 0.1) is 0 Å². The lowest BCUT2D eigenvalue weighted by Crippen LogP contribution is -2.30. The molecule has 3 rings (SSSR count). The molecular weight excluding hydrogens is 444 g/mol. The highest BCUT2D eigenvalue weighted by Crippen LogP contribution is 2.25. The maximum atomic E-state index is 12.3. The molecule has 1 N–H and O–H groups in total. The number of rotatable bonds is 10. The van der Waals surface area contributed by atoms with Gasteiger partial charge >= 0.3 is 0 Å². The van der Waals surface area contributed by atoms with E-state index in [1.807, 2.05) is 6.07 Å². The van der Waals surface area contributed by atoms with E-state index in [0.717, 1.165) is 35.8 Å². The maximum Gasteiger partial charge on any atom is 0.261 e. The van der Waals surface area contributed by atoms with E-state index in [2.05, 4.69) is 40.3 Å². The van der Waals surface area contributed by atoms with E-state index >= 15 is 0 Å². The lowest BCUT2D eigenvalue weighted by Gasteiger charge is -2.13. The zero-order chi connectivity index (χ0) is 21.5. The van der Waals surface area contributed by atoms with Crippen LogP contribution in [-0.4, -0.2) is 29.2 Å². The predicted octanol–water partition coefficient (Wildman–Crippen LogP) is 5.59. The molecule has 1 aliphatic rings. The molecule has 0 spiro atoms. The van der Waals surface area contributed by atoms with Crippen LogP contribution in [0.5, 0.6) is 0 Å². The largest absolute Gasteiger partial charge is 0.325 e. The highest BCUT2D eigenvalue weighted by atomic mass is 79.9. The van der Waals surface area contributed by atoms with Gasteiger partial charge in [-0.2, -0.15) is 0 Å². The summed E-state index contributed by atoms with van der Waals surface area (Å²) < 4.78 is 0.898. The van der Waals surface area contributed by atoms with E-state index in [-0.39, 0.29) is 17.7 Å². The van der Waals surface area contributed by atoms with Crippen molar-refractivity contribution in [1.82, 2.24) is 4.90 Å². The van der Waals surface area contributed by atoms with Gasteiger partial charge in [-0.15, -0.1) is 0 Å². The lowest BCUT2D eigenvalue weighted by molar-refractivity contribution is -0.116. The molecule has 2 aromatic rings. The molecule has 5 nitrogen and oxygen atoms in total. The summed E-state index contributed by atoms with van der Waals surface area (Å²) in [5.74, 6) is -0.473. The number of unbranched alkanes of at least 4 members (excludes halogenated alkanes) is 3. The molecular formula is C24H27BrN2O3. The van der Waals surface area contributed by atoms with Gasteiger partial charge in [0.1, 0.15) is 0 Å². The second kappa shape index (κ2) is 10.5. The minimum atomic E-state index is -0.222. The molecule has 0 bridgehead atoms. The van der Waals surface area contributed by atoms with Crippen molar-refractivity contribution in [1.29, 1.82) is 0 Å². The van der Waals surface area contributed by atoms with Gasteiger partial charge in [0.2, 0.25) is 5.91 Å². The Labute approximate surface area is 186 Å². The summed E-state index contributed by atoms with van der Waals surface area (Å²) in [4.78, 5) is 38.2. The van der Waals surface area contributed by atoms with Crippen molar-refractivity contribution in [2.24, 2.45) is 0 Å². The monoisotopic (exact) mass is 470 g/mol. The van der Waals surface area contributed by atoms with Crippen LogP contribution in [0.15, 0.2) is 46.9 Å². The molecule has 2 aromatic carbocycles. The number of amides is 3. The number of aryl methyl sites for hydroxylation is 1. The molecule has 0 unspecified atom stereocenters. The lowest BCUT2D eigenvalue weighted by atomic mass is 10.1. The molecule has 3 amide bonds. The standard InChI is InChI=1S/C24H27BrN2O3/c1-2-3-9-17-13-14-21(20(25)16-17)26-22(28)12-5-4-8-15-27-23(29)18-10-6-7-11-19(18)24(27)30/h6-7,10-11,13-14,16H,2-5,8-9,12,15H2,1H3,(H,26,28). The number of carbonyl (C=O) groups is 3. The number of carbonyl (C=O) groups excluding carboxylic acids is 3. The Kier molecular flexibility index (Phi) is 7.80. The maximum absolute atomic E-state index is 12.3. The first-order chi connectivity index (χ1) is 14.5. The molecule has 1 aliphatic heterocycles. The van der Waals surface area contributed by atoms with E-state index < -0.39 is 0 Å². The summed E-state index contributed by atoms with van der Waals surface area (Å²) in [5.41, 5.74) is 3.00. The topological polar surface area (TPSA) is 66.5 Å². The van der Waals surface area contributed by atoms with Crippen LogP contribution >= 0.6 is 15.9 Å². The molecule has 6 heteroatoms. The van der Waals surface area contributed by atoms with E-state index in [9.17, 15) is 14.4 Å². The first-order valence-corrected chi connectivity index (χ1v) is 11.3. The second-order valence-electron chi connectivity index (χ2n) is 7.58. The molecule has 0 aliphatic carbocycles. The number of benzene rings is 2. The van der Waals surface area contributed by atoms with E-state index in [4.69, 9.17) is 0 Å². The fourth-order valence-electron chi connectivity index (χ4n) is 3.58. The van der Waals surface area contributed by atoms with Gasteiger partial charge in [-0.3, -0.25) is 19.3 Å². The Morgan fingerprint density at radius 2 is 1.67 bits per heavy atom. The Morgan fingerprint density at radius 3 is 2.30 bits per heavy atom. The minimum Gasteiger partial charge on any atom is -0.325 e. The van der Waals surface area contributed by atoms with Crippen molar-refractivity contribution in [3.8, 4) is 0 Å². The SMILES string of the molecule is CCCCc1ccc(NC(=O)CCCCCN2C(=O)c3ccccc3C2=O)c(Br)c1. The summed E-state index contributed by atoms with van der Waals surface area (Å²) in [7, 11) is 0. The van der Waals surface area contributed by atoms with Crippen molar-refractivity contribution < 1.29 is 14.4 Å². The third kappa shape index (κ3) is 5.36. The number of nitrogens with one attached hydrogen (secondary N) is 1. The number of halogens is 1. The molecule has 30 heavy (non-hydrogen) atoms. The summed E-state index contributed by atoms with van der Waals surface area (Å²) in [5, 5.41) is 2.95. The highest BCUT2D eigenvalue weighted by Gasteiger charge is 2.34. The number of fused-ring (bicyclic) bond motifs is 1. The predicted molar refractivity (Wildman–Crippen MR) is 122 cm³/mol. The minimum absolute atomic E-state index is 0.0299. The number of hydrogen-bond donors (Lipinski definition) is 1. The van der Waals surface area contributed by atoms with Gasteiger partial charge in [0, 0.05) is 17.4 Å². The molecule has 0 fully saturated rings. The van der Waals surface area contributed by atoms with Gasteiger partial charge in [-0.25, -0.2) is 0 Å². The number of imide groups is 1. The van der Waals surface area contributed by atoms with Gasteiger partial charge in [0.25, 0.3) is 11.8 Å². The van der Waals surface area contributed by atoms with Crippen LogP contribution in [-0.2, 0) is 11.2 Å². The van der Waals surface area contributed by atoms with Gasteiger partial charge < -0.3 is 5.32 Å². The summed E-state index contributed by atoms with van der Waals surface area (Å²) in [6.07, 6.45) is 5.93. The first kappa shape index (κ1) is 22.2. The molecule has 158 valence electrons. The van der Waals surface area contributed by atoms with Gasteiger partial charge in [-0.05, 0) is 71.4 Å². The summed E-state index contributed by atoms with van der Waals surface area (Å²) in [6, 6.07) is 13.0. The zero-order valence-corrected chi connectivity index (χ0v) is 18.8. The number of nitrogens with zero attached hydrogens (tertiary/aromatic N) is 1. The molecule has 1 heterocycles. The molecule has 0 aromatic heterocycles. The van der Waals surface area contributed by atoms with Gasteiger partial charge in [0.05, 0.1) is 16.8 Å². The molecule has 0 saturated heterocycles. The Balaban J connectivity index is 1.39. The highest BCUT2D eigenvalue weighted by molar-refractivity contribution is 9.10. The van der Waals surface area contributed by atoms with Crippen molar-refractivity contribution in [2.45, 2.75) is 51.9 Å². The van der Waals surface area contributed by atoms with Crippen LogP contribution in [0.4, 0.5) is 5.69 Å². The Hall–Kier alpha value is -2.47. The van der Waals surface area contributed by atoms with Crippen molar-refractivity contribution >= 4 is 39.3 Å². The second-order valence-corrected chi connectivity index (χ2v) is 8.44. The quantitative estimate of drug-likeness (QED) is 0.363. The van der Waals surface area contributed by atoms with Crippen LogP contribution in [0.3, 0.4) is 0 Å². The van der Waals surface area contributed by atoms with E-state index in [1.165, 1.54) is 10.5 Å².